The highest BCUT2D eigenvalue weighted by Crippen LogP contribution is 2.18. The molecule has 0 radical (unpaired) electrons. The minimum atomic E-state index is -0.185. The summed E-state index contributed by atoms with van der Waals surface area (Å²) < 4.78 is 5.28. The Hall–Kier alpha value is -3.08. The molecule has 2 aromatic rings. The van der Waals surface area contributed by atoms with Crippen molar-refractivity contribution in [2.45, 2.75) is 13.5 Å². The van der Waals surface area contributed by atoms with Crippen LogP contribution in [0.1, 0.15) is 27.0 Å². The largest absolute Gasteiger partial charge is 0.496 e. The lowest BCUT2D eigenvalue weighted by molar-refractivity contribution is -0.116. The lowest BCUT2D eigenvalue weighted by atomic mass is 10.1. The molecule has 0 unspecified atom stereocenters. The van der Waals surface area contributed by atoms with E-state index in [1.165, 1.54) is 6.08 Å². The van der Waals surface area contributed by atoms with Crippen LogP contribution < -0.4 is 15.4 Å². The molecular weight excluding hydrogens is 316 g/mol. The zero-order valence-corrected chi connectivity index (χ0v) is 14.6. The molecule has 0 spiro atoms. The molecule has 25 heavy (non-hydrogen) atoms. The first-order valence-electron chi connectivity index (χ1n) is 7.95. The van der Waals surface area contributed by atoms with Crippen LogP contribution in [0.25, 0.3) is 6.08 Å². The predicted octanol–water partition coefficient (Wildman–Crippen LogP) is 2.69. The molecule has 5 nitrogen and oxygen atoms in total. The molecule has 0 saturated heterocycles. The first-order valence-corrected chi connectivity index (χ1v) is 7.95. The monoisotopic (exact) mass is 338 g/mol. The number of carbonyl (C=O) groups excluding carboxylic acids is 2. The summed E-state index contributed by atoms with van der Waals surface area (Å²) in [4.78, 5) is 23.4. The molecule has 0 atom stereocenters. The molecule has 5 heteroatoms. The minimum Gasteiger partial charge on any atom is -0.496 e. The molecule has 0 aliphatic carbocycles. The minimum absolute atomic E-state index is 0.137. The van der Waals surface area contributed by atoms with E-state index < -0.39 is 0 Å². The Morgan fingerprint density at radius 1 is 1.12 bits per heavy atom. The fourth-order valence-corrected chi connectivity index (χ4v) is 2.28. The number of ether oxygens (including phenoxy) is 1. The van der Waals surface area contributed by atoms with Crippen molar-refractivity contribution in [2.24, 2.45) is 0 Å². The highest BCUT2D eigenvalue weighted by Gasteiger charge is 2.03. The fraction of sp³-hybridized carbons (Fsp3) is 0.200. The average molecular weight is 338 g/mol. The number of hydrogen-bond donors (Lipinski definition) is 2. The van der Waals surface area contributed by atoms with Crippen LogP contribution in [0, 0.1) is 6.92 Å². The van der Waals surface area contributed by atoms with Gasteiger partial charge in [0.1, 0.15) is 5.75 Å². The van der Waals surface area contributed by atoms with Gasteiger partial charge in [0, 0.05) is 25.2 Å². The molecule has 2 rings (SSSR count). The predicted molar refractivity (Wildman–Crippen MR) is 98.4 cm³/mol. The van der Waals surface area contributed by atoms with Crippen LogP contribution in [0.4, 0.5) is 0 Å². The van der Waals surface area contributed by atoms with E-state index in [1.54, 1.807) is 44.5 Å². The summed E-state index contributed by atoms with van der Waals surface area (Å²) in [6, 6.07) is 12.8. The molecule has 2 N–H and O–H groups in total. The Bertz CT molecular complexity index is 780. The van der Waals surface area contributed by atoms with E-state index in [0.717, 1.165) is 22.4 Å². The van der Waals surface area contributed by atoms with Crippen LogP contribution in [0.5, 0.6) is 5.75 Å². The normalized spacial score (nSPS) is 10.5. The van der Waals surface area contributed by atoms with Crippen LogP contribution in [0.2, 0.25) is 0 Å². The van der Waals surface area contributed by atoms with Crippen molar-refractivity contribution >= 4 is 17.9 Å². The molecule has 0 fully saturated rings. The van der Waals surface area contributed by atoms with Gasteiger partial charge in [-0.3, -0.25) is 9.59 Å². The molecule has 130 valence electrons. The zero-order chi connectivity index (χ0) is 18.2. The van der Waals surface area contributed by atoms with Gasteiger partial charge in [-0.2, -0.15) is 0 Å². The summed E-state index contributed by atoms with van der Waals surface area (Å²) in [5, 5.41) is 5.40. The van der Waals surface area contributed by atoms with E-state index in [2.05, 4.69) is 10.6 Å². The summed E-state index contributed by atoms with van der Waals surface area (Å²) in [5.41, 5.74) is 3.45. The number of methoxy groups -OCH3 is 1. The van der Waals surface area contributed by atoms with Crippen molar-refractivity contribution in [1.29, 1.82) is 0 Å². The van der Waals surface area contributed by atoms with Gasteiger partial charge in [-0.05, 0) is 47.9 Å². The number of amides is 2. The molecule has 0 aromatic heterocycles. The van der Waals surface area contributed by atoms with Gasteiger partial charge in [0.25, 0.3) is 5.91 Å². The summed E-state index contributed by atoms with van der Waals surface area (Å²) >= 11 is 0. The quantitative estimate of drug-likeness (QED) is 0.796. The second-order valence-corrected chi connectivity index (χ2v) is 5.56. The van der Waals surface area contributed by atoms with Gasteiger partial charge in [0.05, 0.1) is 7.11 Å². The van der Waals surface area contributed by atoms with Crippen LogP contribution in [0.15, 0.2) is 48.5 Å². The van der Waals surface area contributed by atoms with Gasteiger partial charge in [-0.1, -0.05) is 24.3 Å². The molecule has 0 heterocycles. The smallest absolute Gasteiger partial charge is 0.251 e. The van der Waals surface area contributed by atoms with Crippen molar-refractivity contribution < 1.29 is 14.3 Å². The maximum Gasteiger partial charge on any atom is 0.251 e. The van der Waals surface area contributed by atoms with Crippen LogP contribution in [-0.2, 0) is 11.3 Å². The molecule has 0 bridgehead atoms. The van der Waals surface area contributed by atoms with Gasteiger partial charge in [-0.15, -0.1) is 0 Å². The highest BCUT2D eigenvalue weighted by atomic mass is 16.5. The third-order valence-corrected chi connectivity index (χ3v) is 3.77. The first kappa shape index (κ1) is 18.3. The maximum atomic E-state index is 11.9. The number of benzene rings is 2. The van der Waals surface area contributed by atoms with E-state index in [-0.39, 0.29) is 11.8 Å². The molecule has 0 saturated carbocycles. The third kappa shape index (κ3) is 5.21. The van der Waals surface area contributed by atoms with Gasteiger partial charge < -0.3 is 15.4 Å². The van der Waals surface area contributed by atoms with E-state index in [0.29, 0.717) is 12.1 Å². The Morgan fingerprint density at radius 2 is 1.84 bits per heavy atom. The van der Waals surface area contributed by atoms with E-state index in [4.69, 9.17) is 4.74 Å². The topological polar surface area (TPSA) is 67.4 Å². The summed E-state index contributed by atoms with van der Waals surface area (Å²) in [6.07, 6.45) is 3.18. The van der Waals surface area contributed by atoms with Crippen molar-refractivity contribution in [1.82, 2.24) is 10.6 Å². The number of hydrogen-bond acceptors (Lipinski definition) is 3. The molecule has 2 amide bonds. The number of rotatable bonds is 6. The van der Waals surface area contributed by atoms with Crippen molar-refractivity contribution in [3.05, 3.63) is 70.8 Å². The van der Waals surface area contributed by atoms with Crippen molar-refractivity contribution in [3.8, 4) is 5.75 Å². The number of aryl methyl sites for hydroxylation is 1. The van der Waals surface area contributed by atoms with Gasteiger partial charge in [0.15, 0.2) is 0 Å². The molecule has 2 aromatic carbocycles. The lowest BCUT2D eigenvalue weighted by Gasteiger charge is -2.08. The maximum absolute atomic E-state index is 11.9. The summed E-state index contributed by atoms with van der Waals surface area (Å²) in [6.45, 7) is 2.40. The molecular formula is C20H22N2O3. The molecule has 0 aliphatic heterocycles. The van der Waals surface area contributed by atoms with Gasteiger partial charge >= 0.3 is 0 Å². The Morgan fingerprint density at radius 3 is 2.48 bits per heavy atom. The van der Waals surface area contributed by atoms with Crippen molar-refractivity contribution in [3.63, 3.8) is 0 Å². The van der Waals surface area contributed by atoms with E-state index in [9.17, 15) is 9.59 Å². The summed E-state index contributed by atoms with van der Waals surface area (Å²) in [7, 11) is 3.22. The highest BCUT2D eigenvalue weighted by molar-refractivity contribution is 5.94. The Kier molecular flexibility index (Phi) is 6.34. The van der Waals surface area contributed by atoms with Gasteiger partial charge in [-0.25, -0.2) is 0 Å². The van der Waals surface area contributed by atoms with Gasteiger partial charge in [0.2, 0.25) is 5.91 Å². The number of nitrogens with one attached hydrogen (secondary N) is 2. The zero-order valence-electron chi connectivity index (χ0n) is 14.6. The second kappa shape index (κ2) is 8.68. The fourth-order valence-electron chi connectivity index (χ4n) is 2.28. The van der Waals surface area contributed by atoms with Crippen LogP contribution >= 0.6 is 0 Å². The van der Waals surface area contributed by atoms with Crippen molar-refractivity contribution in [2.75, 3.05) is 14.2 Å². The van der Waals surface area contributed by atoms with Crippen LogP contribution in [0.3, 0.4) is 0 Å². The van der Waals surface area contributed by atoms with Crippen LogP contribution in [-0.4, -0.2) is 26.0 Å². The third-order valence-electron chi connectivity index (χ3n) is 3.77. The average Bonchev–Trinajstić information content (AvgIpc) is 2.65. The second-order valence-electron chi connectivity index (χ2n) is 5.56. The lowest BCUT2D eigenvalue weighted by Crippen LogP contribution is -2.20. The SMILES string of the molecule is CNC(=O)c1ccc(/C=C/C(=O)NCc2ccc(C)c(OC)c2)cc1. The van der Waals surface area contributed by atoms with E-state index in [1.807, 2.05) is 25.1 Å². The Labute approximate surface area is 147 Å². The number of carbonyl (C=O) groups is 2. The Balaban J connectivity index is 1.91. The standard InChI is InChI=1S/C20H22N2O3/c1-14-4-5-16(12-18(14)25-3)13-22-19(23)11-8-15-6-9-17(10-7-15)20(24)21-2/h4-12H,13H2,1-3H3,(H,21,24)(H,22,23)/b11-8+. The first-order chi connectivity index (χ1) is 12.0. The van der Waals surface area contributed by atoms with E-state index >= 15 is 0 Å². The molecule has 0 aliphatic rings. The summed E-state index contributed by atoms with van der Waals surface area (Å²) in [5.74, 6) is 0.482.